The van der Waals surface area contributed by atoms with Gasteiger partial charge in [-0.05, 0) is 51.1 Å². The molecule has 0 saturated carbocycles. The van der Waals surface area contributed by atoms with Gasteiger partial charge in [0.1, 0.15) is 0 Å². The minimum atomic E-state index is -1.05. The second-order valence-electron chi connectivity index (χ2n) is 7.79. The van der Waals surface area contributed by atoms with Gasteiger partial charge in [0.05, 0.1) is 22.8 Å². The topological polar surface area (TPSA) is 103 Å². The molecule has 2 aromatic heterocycles. The van der Waals surface area contributed by atoms with Crippen molar-refractivity contribution in [2.75, 3.05) is 5.32 Å². The number of aryl methyl sites for hydroxylation is 1. The number of ether oxygens (including phenoxy) is 1. The van der Waals surface area contributed by atoms with E-state index in [1.165, 1.54) is 13.8 Å². The Hall–Kier alpha value is -4.33. The molecule has 2 aromatic carbocycles. The van der Waals surface area contributed by atoms with Gasteiger partial charge in [-0.3, -0.25) is 9.59 Å². The van der Waals surface area contributed by atoms with Crippen molar-refractivity contribution in [2.45, 2.75) is 33.4 Å². The summed E-state index contributed by atoms with van der Waals surface area (Å²) in [6.45, 7) is 5.50. The van der Waals surface area contributed by atoms with E-state index in [2.05, 4.69) is 10.4 Å². The van der Waals surface area contributed by atoms with E-state index in [1.54, 1.807) is 41.2 Å². The lowest BCUT2D eigenvalue weighted by Gasteiger charge is -2.15. The summed E-state index contributed by atoms with van der Waals surface area (Å²) in [7, 11) is 0. The second-order valence-corrected chi connectivity index (χ2v) is 7.79. The fraction of sp³-hybridized carbons (Fsp3) is 0.192. The molecule has 1 amide bonds. The molecule has 1 atom stereocenters. The zero-order valence-corrected chi connectivity index (χ0v) is 19.1. The summed E-state index contributed by atoms with van der Waals surface area (Å²) < 4.78 is 7.21. The van der Waals surface area contributed by atoms with Crippen LogP contribution in [0.4, 0.5) is 5.69 Å². The highest BCUT2D eigenvalue weighted by Gasteiger charge is 2.23. The van der Waals surface area contributed by atoms with Crippen LogP contribution in [0.2, 0.25) is 0 Å². The highest BCUT2D eigenvalue weighted by Crippen LogP contribution is 2.26. The normalized spacial score (nSPS) is 11.7. The number of anilines is 1. The first-order chi connectivity index (χ1) is 16.4. The number of amides is 1. The summed E-state index contributed by atoms with van der Waals surface area (Å²) in [6, 6.07) is 17.7. The van der Waals surface area contributed by atoms with Crippen LogP contribution in [0.15, 0.2) is 66.9 Å². The maximum atomic E-state index is 13.1. The van der Waals surface area contributed by atoms with Crippen LogP contribution in [0.5, 0.6) is 0 Å². The molecule has 8 heteroatoms. The van der Waals surface area contributed by atoms with Gasteiger partial charge in [-0.25, -0.2) is 14.5 Å². The molecule has 0 saturated heterocycles. The van der Waals surface area contributed by atoms with Crippen molar-refractivity contribution in [2.24, 2.45) is 0 Å². The molecule has 0 radical (unpaired) electrons. The number of pyridine rings is 1. The molecule has 0 aliphatic carbocycles. The number of fused-ring (bicyclic) bond motifs is 1. The lowest BCUT2D eigenvalue weighted by Crippen LogP contribution is -2.30. The van der Waals surface area contributed by atoms with Gasteiger partial charge in [-0.15, -0.1) is 0 Å². The molecule has 4 rings (SSSR count). The molecular formula is C26H24N4O4. The first-order valence-electron chi connectivity index (χ1n) is 10.9. The molecule has 1 unspecified atom stereocenters. The molecule has 1 N–H and O–H groups in total. The molecule has 172 valence electrons. The van der Waals surface area contributed by atoms with E-state index in [-0.39, 0.29) is 11.3 Å². The monoisotopic (exact) mass is 456 g/mol. The number of nitrogens with one attached hydrogen (secondary N) is 1. The molecule has 0 fully saturated rings. The molecular weight excluding hydrogens is 432 g/mol. The Morgan fingerprint density at radius 3 is 2.41 bits per heavy atom. The van der Waals surface area contributed by atoms with Gasteiger partial charge in [0.25, 0.3) is 5.91 Å². The number of rotatable bonds is 7. The average Bonchev–Trinajstić information content (AvgIpc) is 3.27. The number of benzene rings is 2. The number of Topliss-reactive ketones (excluding diaryl/α,β-unsaturated/α-hetero) is 1. The van der Waals surface area contributed by atoms with E-state index in [9.17, 15) is 14.4 Å². The minimum Gasteiger partial charge on any atom is -0.449 e. The van der Waals surface area contributed by atoms with E-state index in [0.717, 1.165) is 5.56 Å². The molecule has 4 aromatic rings. The van der Waals surface area contributed by atoms with Crippen molar-refractivity contribution in [3.63, 3.8) is 0 Å². The lowest BCUT2D eigenvalue weighted by molar-refractivity contribution is -0.123. The predicted molar refractivity (Wildman–Crippen MR) is 129 cm³/mol. The minimum absolute atomic E-state index is 0.0647. The Balaban J connectivity index is 1.57. The smallest absolute Gasteiger partial charge is 0.339 e. The number of nitrogens with zero attached hydrogens (tertiary/aromatic N) is 3. The molecule has 8 nitrogen and oxygen atoms in total. The van der Waals surface area contributed by atoms with Gasteiger partial charge in [0.15, 0.2) is 17.5 Å². The van der Waals surface area contributed by atoms with Crippen LogP contribution < -0.4 is 5.32 Å². The van der Waals surface area contributed by atoms with Crippen LogP contribution in [-0.2, 0) is 16.1 Å². The number of hydrogen-bond donors (Lipinski definition) is 1. The maximum absolute atomic E-state index is 13.1. The summed E-state index contributed by atoms with van der Waals surface area (Å²) in [6.07, 6.45) is 0.531. The molecule has 0 aliphatic rings. The van der Waals surface area contributed by atoms with Crippen molar-refractivity contribution in [3.8, 4) is 11.3 Å². The van der Waals surface area contributed by atoms with E-state index >= 15 is 0 Å². The number of esters is 1. The fourth-order valence-electron chi connectivity index (χ4n) is 3.51. The van der Waals surface area contributed by atoms with Crippen molar-refractivity contribution < 1.29 is 19.1 Å². The number of hydrogen-bond acceptors (Lipinski definition) is 6. The lowest BCUT2D eigenvalue weighted by atomic mass is 10.1. The van der Waals surface area contributed by atoms with Gasteiger partial charge < -0.3 is 10.1 Å². The third-order valence-corrected chi connectivity index (χ3v) is 5.41. The van der Waals surface area contributed by atoms with E-state index in [4.69, 9.17) is 9.72 Å². The van der Waals surface area contributed by atoms with Crippen LogP contribution in [-0.4, -0.2) is 38.5 Å². The highest BCUT2D eigenvalue weighted by molar-refractivity contribution is 6.05. The van der Waals surface area contributed by atoms with E-state index in [1.807, 2.05) is 37.3 Å². The van der Waals surface area contributed by atoms with Crippen LogP contribution in [0.1, 0.15) is 41.5 Å². The average molecular weight is 457 g/mol. The van der Waals surface area contributed by atoms with Crippen molar-refractivity contribution in [1.82, 2.24) is 14.8 Å². The van der Waals surface area contributed by atoms with E-state index in [0.29, 0.717) is 34.5 Å². The molecule has 0 aliphatic heterocycles. The van der Waals surface area contributed by atoms with Crippen LogP contribution in [0.25, 0.3) is 22.3 Å². The SMILES string of the molecule is CCn1ncc2c(C(=O)OC(C)C(=O)Nc3ccc(C(C)=O)cc3)cc(-c3ccccc3)nc21. The Morgan fingerprint density at radius 1 is 1.06 bits per heavy atom. The van der Waals surface area contributed by atoms with Crippen molar-refractivity contribution in [3.05, 3.63) is 78.0 Å². The number of carbonyl (C=O) groups excluding carboxylic acids is 3. The van der Waals surface area contributed by atoms with Gasteiger partial charge in [0.2, 0.25) is 0 Å². The Labute approximate surface area is 196 Å². The fourth-order valence-corrected chi connectivity index (χ4v) is 3.51. The zero-order valence-electron chi connectivity index (χ0n) is 19.1. The Kier molecular flexibility index (Phi) is 6.49. The van der Waals surface area contributed by atoms with Crippen molar-refractivity contribution in [1.29, 1.82) is 0 Å². The maximum Gasteiger partial charge on any atom is 0.339 e. The van der Waals surface area contributed by atoms with E-state index < -0.39 is 18.0 Å². The first-order valence-corrected chi connectivity index (χ1v) is 10.9. The van der Waals surface area contributed by atoms with Crippen LogP contribution >= 0.6 is 0 Å². The summed E-state index contributed by atoms with van der Waals surface area (Å²) in [4.78, 5) is 41.9. The second kappa shape index (κ2) is 9.66. The van der Waals surface area contributed by atoms with Crippen LogP contribution in [0.3, 0.4) is 0 Å². The van der Waals surface area contributed by atoms with Gasteiger partial charge in [-0.2, -0.15) is 5.10 Å². The third-order valence-electron chi connectivity index (χ3n) is 5.41. The van der Waals surface area contributed by atoms with Gasteiger partial charge in [0, 0.05) is 23.4 Å². The number of carbonyl (C=O) groups is 3. The van der Waals surface area contributed by atoms with Gasteiger partial charge >= 0.3 is 5.97 Å². The number of aromatic nitrogens is 3. The molecule has 0 spiro atoms. The molecule has 2 heterocycles. The van der Waals surface area contributed by atoms with Crippen LogP contribution in [0, 0.1) is 0 Å². The largest absolute Gasteiger partial charge is 0.449 e. The Bertz CT molecular complexity index is 1360. The number of ketones is 1. The standard InChI is InChI=1S/C26H24N4O4/c1-4-30-24-22(15-27-30)21(14-23(29-24)19-8-6-5-7-9-19)26(33)34-17(3)25(32)28-20-12-10-18(11-13-20)16(2)31/h5-15,17H,4H2,1-3H3,(H,28,32). The molecule has 0 bridgehead atoms. The summed E-state index contributed by atoms with van der Waals surface area (Å²) in [5, 5.41) is 7.57. The molecule has 34 heavy (non-hydrogen) atoms. The highest BCUT2D eigenvalue weighted by atomic mass is 16.5. The Morgan fingerprint density at radius 2 is 1.76 bits per heavy atom. The third kappa shape index (κ3) is 4.71. The van der Waals surface area contributed by atoms with Gasteiger partial charge in [-0.1, -0.05) is 30.3 Å². The summed E-state index contributed by atoms with van der Waals surface area (Å²) in [5.41, 5.74) is 3.35. The van der Waals surface area contributed by atoms with Crippen molar-refractivity contribution >= 4 is 34.4 Å². The first kappa shape index (κ1) is 22.8. The quantitative estimate of drug-likeness (QED) is 0.324. The predicted octanol–water partition coefficient (Wildman–Crippen LogP) is 4.50. The zero-order chi connectivity index (χ0) is 24.2. The summed E-state index contributed by atoms with van der Waals surface area (Å²) in [5.74, 6) is -1.19. The summed E-state index contributed by atoms with van der Waals surface area (Å²) >= 11 is 0.